The minimum absolute atomic E-state index is 0.225. The second-order valence-corrected chi connectivity index (χ2v) is 6.63. The number of hydrogen-bond acceptors (Lipinski definition) is 4. The van der Waals surface area contributed by atoms with Crippen molar-refractivity contribution in [3.05, 3.63) is 64.5 Å². The quantitative estimate of drug-likeness (QED) is 0.675. The third-order valence-electron chi connectivity index (χ3n) is 3.82. The number of aromatic nitrogens is 1. The van der Waals surface area contributed by atoms with E-state index in [1.807, 2.05) is 54.0 Å². The van der Waals surface area contributed by atoms with Gasteiger partial charge in [0.25, 0.3) is 5.91 Å². The standard InChI is InChI=1S/C19H18N2O3S/c1-13-6-5-7-14(12-13)18(23)20-19-21(11-10-17(22)24-2)15-8-3-4-9-16(15)25-19/h3-9,12H,10-11H2,1-2H3. The Kier molecular flexibility index (Phi) is 5.09. The van der Waals surface area contributed by atoms with Crippen LogP contribution in [-0.4, -0.2) is 23.6 Å². The zero-order valence-corrected chi connectivity index (χ0v) is 14.9. The number of esters is 1. The number of carbonyl (C=O) groups excluding carboxylic acids is 2. The summed E-state index contributed by atoms with van der Waals surface area (Å²) in [4.78, 5) is 28.9. The molecule has 0 saturated carbocycles. The number of ether oxygens (including phenoxy) is 1. The van der Waals surface area contributed by atoms with Gasteiger partial charge in [-0.3, -0.25) is 9.59 Å². The molecule has 1 amide bonds. The maximum Gasteiger partial charge on any atom is 0.307 e. The van der Waals surface area contributed by atoms with E-state index in [4.69, 9.17) is 4.74 Å². The number of thiazole rings is 1. The Morgan fingerprint density at radius 1 is 1.16 bits per heavy atom. The molecule has 5 nitrogen and oxygen atoms in total. The highest BCUT2D eigenvalue weighted by atomic mass is 32.1. The molecule has 0 spiro atoms. The summed E-state index contributed by atoms with van der Waals surface area (Å²) in [6.45, 7) is 2.35. The molecule has 6 heteroatoms. The second-order valence-electron chi connectivity index (χ2n) is 5.62. The largest absolute Gasteiger partial charge is 0.469 e. The number of para-hydroxylation sites is 1. The van der Waals surface area contributed by atoms with E-state index in [1.54, 1.807) is 6.07 Å². The van der Waals surface area contributed by atoms with Crippen LogP contribution in [0.4, 0.5) is 0 Å². The number of benzene rings is 2. The van der Waals surface area contributed by atoms with Crippen LogP contribution in [0.5, 0.6) is 0 Å². The molecule has 0 unspecified atom stereocenters. The fraction of sp³-hybridized carbons (Fsp3) is 0.211. The molecule has 0 bridgehead atoms. The highest BCUT2D eigenvalue weighted by Crippen LogP contribution is 2.17. The number of methoxy groups -OCH3 is 1. The first-order valence-electron chi connectivity index (χ1n) is 7.89. The van der Waals surface area contributed by atoms with Crippen molar-refractivity contribution in [1.82, 2.24) is 4.57 Å². The van der Waals surface area contributed by atoms with E-state index < -0.39 is 0 Å². The number of carbonyl (C=O) groups is 2. The number of hydrogen-bond donors (Lipinski definition) is 0. The zero-order valence-electron chi connectivity index (χ0n) is 14.1. The normalized spacial score (nSPS) is 11.7. The summed E-state index contributed by atoms with van der Waals surface area (Å²) in [5, 5.41) is 0. The summed E-state index contributed by atoms with van der Waals surface area (Å²) in [5.74, 6) is -0.583. The molecule has 0 aliphatic carbocycles. The highest BCUT2D eigenvalue weighted by Gasteiger charge is 2.10. The number of fused-ring (bicyclic) bond motifs is 1. The van der Waals surface area contributed by atoms with Gasteiger partial charge in [-0.2, -0.15) is 4.99 Å². The summed E-state index contributed by atoms with van der Waals surface area (Å²) < 4.78 is 7.63. The van der Waals surface area contributed by atoms with Crippen LogP contribution in [0.15, 0.2) is 53.5 Å². The lowest BCUT2D eigenvalue weighted by atomic mass is 10.1. The molecule has 2 aromatic carbocycles. The van der Waals surface area contributed by atoms with Crippen molar-refractivity contribution in [3.63, 3.8) is 0 Å². The molecule has 0 fully saturated rings. The third kappa shape index (κ3) is 3.85. The van der Waals surface area contributed by atoms with Gasteiger partial charge in [0.05, 0.1) is 23.7 Å². The Balaban J connectivity index is 2.05. The molecular weight excluding hydrogens is 336 g/mol. The van der Waals surface area contributed by atoms with Gasteiger partial charge in [0.15, 0.2) is 4.80 Å². The predicted octanol–water partition coefficient (Wildman–Crippen LogP) is 3.32. The Hall–Kier alpha value is -2.73. The van der Waals surface area contributed by atoms with E-state index in [-0.39, 0.29) is 18.3 Å². The van der Waals surface area contributed by atoms with Gasteiger partial charge in [0.1, 0.15) is 0 Å². The first kappa shape index (κ1) is 17.1. The molecule has 0 N–H and O–H groups in total. The van der Waals surface area contributed by atoms with Crippen molar-refractivity contribution in [2.75, 3.05) is 7.11 Å². The summed E-state index contributed by atoms with van der Waals surface area (Å²) in [6, 6.07) is 15.2. The molecule has 1 aromatic heterocycles. The van der Waals surface area contributed by atoms with Crippen molar-refractivity contribution in [2.24, 2.45) is 4.99 Å². The van der Waals surface area contributed by atoms with Crippen molar-refractivity contribution in [3.8, 4) is 0 Å². The first-order valence-corrected chi connectivity index (χ1v) is 8.71. The van der Waals surface area contributed by atoms with E-state index in [9.17, 15) is 9.59 Å². The molecule has 0 radical (unpaired) electrons. The van der Waals surface area contributed by atoms with E-state index in [1.165, 1.54) is 18.4 Å². The van der Waals surface area contributed by atoms with E-state index in [0.717, 1.165) is 15.8 Å². The Bertz CT molecular complexity index is 1000. The smallest absolute Gasteiger partial charge is 0.307 e. The highest BCUT2D eigenvalue weighted by molar-refractivity contribution is 7.16. The lowest BCUT2D eigenvalue weighted by molar-refractivity contribution is -0.140. The fourth-order valence-electron chi connectivity index (χ4n) is 2.56. The number of rotatable bonds is 4. The van der Waals surface area contributed by atoms with E-state index >= 15 is 0 Å². The van der Waals surface area contributed by atoms with Gasteiger partial charge in [-0.05, 0) is 31.2 Å². The lowest BCUT2D eigenvalue weighted by Gasteiger charge is -2.04. The molecule has 0 aliphatic rings. The van der Waals surface area contributed by atoms with Crippen LogP contribution >= 0.6 is 11.3 Å². The maximum atomic E-state index is 12.5. The van der Waals surface area contributed by atoms with Crippen LogP contribution in [0.2, 0.25) is 0 Å². The Morgan fingerprint density at radius 2 is 1.96 bits per heavy atom. The van der Waals surface area contributed by atoms with Crippen molar-refractivity contribution in [1.29, 1.82) is 0 Å². The minimum Gasteiger partial charge on any atom is -0.469 e. The molecule has 0 atom stereocenters. The van der Waals surface area contributed by atoms with Crippen LogP contribution in [-0.2, 0) is 16.1 Å². The average molecular weight is 354 g/mol. The molecule has 1 heterocycles. The van der Waals surface area contributed by atoms with Crippen molar-refractivity contribution < 1.29 is 14.3 Å². The minimum atomic E-state index is -0.293. The van der Waals surface area contributed by atoms with Crippen LogP contribution < -0.4 is 4.80 Å². The van der Waals surface area contributed by atoms with Crippen LogP contribution in [0.25, 0.3) is 10.2 Å². The van der Waals surface area contributed by atoms with Gasteiger partial charge < -0.3 is 9.30 Å². The molecule has 128 valence electrons. The monoisotopic (exact) mass is 354 g/mol. The van der Waals surface area contributed by atoms with Crippen LogP contribution in [0.3, 0.4) is 0 Å². The van der Waals surface area contributed by atoms with Crippen molar-refractivity contribution in [2.45, 2.75) is 19.9 Å². The Morgan fingerprint density at radius 3 is 2.72 bits per heavy atom. The Labute approximate surface area is 149 Å². The molecule has 0 saturated heterocycles. The van der Waals surface area contributed by atoms with Gasteiger partial charge in [0.2, 0.25) is 0 Å². The summed E-state index contributed by atoms with van der Waals surface area (Å²) in [7, 11) is 1.37. The third-order valence-corrected chi connectivity index (χ3v) is 4.88. The summed E-state index contributed by atoms with van der Waals surface area (Å²) in [5.41, 5.74) is 2.51. The molecular formula is C19H18N2O3S. The van der Waals surface area contributed by atoms with Gasteiger partial charge >= 0.3 is 5.97 Å². The van der Waals surface area contributed by atoms with Crippen LogP contribution in [0.1, 0.15) is 22.3 Å². The topological polar surface area (TPSA) is 60.7 Å². The first-order chi connectivity index (χ1) is 12.1. The second kappa shape index (κ2) is 7.44. The molecule has 3 rings (SSSR count). The SMILES string of the molecule is COC(=O)CCn1c(=NC(=O)c2cccc(C)c2)sc2ccccc21. The zero-order chi connectivity index (χ0) is 17.8. The molecule has 0 aliphatic heterocycles. The van der Waals surface area contributed by atoms with Crippen molar-refractivity contribution >= 4 is 33.4 Å². The average Bonchev–Trinajstić information content (AvgIpc) is 2.96. The number of nitrogens with zero attached hydrogens (tertiary/aromatic N) is 2. The van der Waals surface area contributed by atoms with Gasteiger partial charge in [-0.1, -0.05) is 41.2 Å². The van der Waals surface area contributed by atoms with Gasteiger partial charge in [0, 0.05) is 12.1 Å². The van der Waals surface area contributed by atoms with Gasteiger partial charge in [-0.15, -0.1) is 0 Å². The fourth-order valence-corrected chi connectivity index (χ4v) is 3.61. The number of aryl methyl sites for hydroxylation is 2. The molecule has 25 heavy (non-hydrogen) atoms. The summed E-state index contributed by atoms with van der Waals surface area (Å²) in [6.07, 6.45) is 0.225. The summed E-state index contributed by atoms with van der Waals surface area (Å²) >= 11 is 1.43. The lowest BCUT2D eigenvalue weighted by Crippen LogP contribution is -2.19. The van der Waals surface area contributed by atoms with Gasteiger partial charge in [-0.25, -0.2) is 0 Å². The van der Waals surface area contributed by atoms with Crippen LogP contribution in [0, 0.1) is 6.92 Å². The predicted molar refractivity (Wildman–Crippen MR) is 97.5 cm³/mol. The maximum absolute atomic E-state index is 12.5. The number of amides is 1. The van der Waals surface area contributed by atoms with E-state index in [2.05, 4.69) is 4.99 Å². The van der Waals surface area contributed by atoms with E-state index in [0.29, 0.717) is 16.9 Å². The molecule has 3 aromatic rings.